The molecule has 0 aromatic carbocycles. The number of carbonyl (C=O) groups is 2. The minimum Gasteiger partial charge on any atom is -0.444 e. The van der Waals surface area contributed by atoms with Crippen LogP contribution in [-0.4, -0.2) is 78.0 Å². The molecule has 1 saturated heterocycles. The van der Waals surface area contributed by atoms with Gasteiger partial charge in [-0.2, -0.15) is 0 Å². The number of hydrogen-bond acceptors (Lipinski definition) is 5. The van der Waals surface area contributed by atoms with E-state index in [1.54, 1.807) is 32.6 Å². The van der Waals surface area contributed by atoms with Gasteiger partial charge in [0, 0.05) is 26.7 Å². The Kier molecular flexibility index (Phi) is 6.62. The van der Waals surface area contributed by atoms with Gasteiger partial charge in [-0.15, -0.1) is 0 Å². The van der Waals surface area contributed by atoms with Gasteiger partial charge >= 0.3 is 6.09 Å². The summed E-state index contributed by atoms with van der Waals surface area (Å²) in [6, 6.07) is -0.553. The molecule has 2 amide bonds. The summed E-state index contributed by atoms with van der Waals surface area (Å²) in [6.07, 6.45) is -0.594. The molecule has 1 aliphatic rings. The minimum atomic E-state index is -0.586. The van der Waals surface area contributed by atoms with Crippen LogP contribution in [0.3, 0.4) is 0 Å². The molecule has 1 aliphatic heterocycles. The highest BCUT2D eigenvalue weighted by Gasteiger charge is 2.36. The van der Waals surface area contributed by atoms with Gasteiger partial charge in [0.05, 0.1) is 12.7 Å². The fourth-order valence-corrected chi connectivity index (χ4v) is 2.30. The average Bonchev–Trinajstić information content (AvgIpc) is 2.38. The van der Waals surface area contributed by atoms with Gasteiger partial charge in [0.1, 0.15) is 11.6 Å². The Balaban J connectivity index is 2.54. The lowest BCUT2D eigenvalue weighted by Crippen LogP contribution is -2.58. The van der Waals surface area contributed by atoms with E-state index in [0.717, 1.165) is 0 Å². The summed E-state index contributed by atoms with van der Waals surface area (Å²) < 4.78 is 10.2. The van der Waals surface area contributed by atoms with Crippen molar-refractivity contribution in [2.75, 3.05) is 33.4 Å². The van der Waals surface area contributed by atoms with Crippen LogP contribution in [0.1, 0.15) is 34.1 Å². The van der Waals surface area contributed by atoms with Gasteiger partial charge in [0.2, 0.25) is 5.91 Å². The second-order valence-electron chi connectivity index (χ2n) is 6.57. The summed E-state index contributed by atoms with van der Waals surface area (Å²) in [5.74, 6) is -0.123. The molecular weight excluding hydrogens is 288 g/mol. The quantitative estimate of drug-likeness (QED) is 0.813. The molecule has 0 aliphatic carbocycles. The fraction of sp³-hybridized carbons (Fsp3) is 0.867. The monoisotopic (exact) mass is 316 g/mol. The molecule has 0 bridgehead atoms. The molecule has 0 radical (unpaired) electrons. The third-order valence-electron chi connectivity index (χ3n) is 3.47. The van der Waals surface area contributed by atoms with Gasteiger partial charge in [-0.05, 0) is 34.1 Å². The van der Waals surface area contributed by atoms with Crippen molar-refractivity contribution in [3.8, 4) is 0 Å². The Hall–Kier alpha value is -1.34. The highest BCUT2D eigenvalue weighted by molar-refractivity contribution is 5.86. The number of aliphatic hydroxyl groups excluding tert-OH is 1. The van der Waals surface area contributed by atoms with Crippen LogP contribution in [-0.2, 0) is 14.3 Å². The molecule has 1 rings (SSSR count). The predicted molar refractivity (Wildman–Crippen MR) is 81.5 cm³/mol. The van der Waals surface area contributed by atoms with Crippen molar-refractivity contribution in [3.05, 3.63) is 0 Å². The first-order valence-corrected chi connectivity index (χ1v) is 7.61. The van der Waals surface area contributed by atoms with E-state index in [2.05, 4.69) is 0 Å². The zero-order chi connectivity index (χ0) is 16.9. The number of nitrogens with zero attached hydrogens (tertiary/aromatic N) is 2. The summed E-state index contributed by atoms with van der Waals surface area (Å²) in [4.78, 5) is 27.6. The van der Waals surface area contributed by atoms with E-state index in [1.165, 1.54) is 12.0 Å². The van der Waals surface area contributed by atoms with Crippen LogP contribution in [0.4, 0.5) is 4.79 Å². The van der Waals surface area contributed by atoms with Crippen LogP contribution in [0.2, 0.25) is 0 Å². The molecule has 1 heterocycles. The van der Waals surface area contributed by atoms with Crippen molar-refractivity contribution in [1.29, 1.82) is 0 Å². The smallest absolute Gasteiger partial charge is 0.411 e. The molecule has 7 heteroatoms. The summed E-state index contributed by atoms with van der Waals surface area (Å²) in [7, 11) is 1.52. The van der Waals surface area contributed by atoms with E-state index in [4.69, 9.17) is 9.47 Å². The summed E-state index contributed by atoms with van der Waals surface area (Å²) >= 11 is 0. The Labute approximate surface area is 132 Å². The van der Waals surface area contributed by atoms with Crippen molar-refractivity contribution < 1.29 is 24.2 Å². The van der Waals surface area contributed by atoms with Gasteiger partial charge in [-0.25, -0.2) is 4.79 Å². The molecule has 2 atom stereocenters. The second kappa shape index (κ2) is 7.78. The van der Waals surface area contributed by atoms with Crippen molar-refractivity contribution in [2.24, 2.45) is 0 Å². The SMILES string of the molecule is COC[C@@H](O)CCN1CCN(C(=O)OC(C)(C)C)[C@@H](C)C1=O. The largest absolute Gasteiger partial charge is 0.444 e. The van der Waals surface area contributed by atoms with Crippen LogP contribution < -0.4 is 0 Å². The normalized spacial score (nSPS) is 21.0. The first-order chi connectivity index (χ1) is 10.2. The summed E-state index contributed by atoms with van der Waals surface area (Å²) in [6.45, 7) is 8.67. The van der Waals surface area contributed by atoms with Gasteiger partial charge in [0.25, 0.3) is 0 Å². The lowest BCUT2D eigenvalue weighted by molar-refractivity contribution is -0.141. The molecule has 0 aromatic rings. The Morgan fingerprint density at radius 3 is 2.59 bits per heavy atom. The van der Waals surface area contributed by atoms with Gasteiger partial charge in [-0.3, -0.25) is 9.69 Å². The number of ether oxygens (including phenoxy) is 2. The topological polar surface area (TPSA) is 79.3 Å². The van der Waals surface area contributed by atoms with Crippen molar-refractivity contribution in [2.45, 2.75) is 51.9 Å². The molecule has 0 aromatic heterocycles. The van der Waals surface area contributed by atoms with E-state index in [1.807, 2.05) is 0 Å². The summed E-state index contributed by atoms with van der Waals surface area (Å²) in [5.41, 5.74) is -0.582. The lowest BCUT2D eigenvalue weighted by atomic mass is 10.1. The number of rotatable bonds is 5. The third kappa shape index (κ3) is 5.46. The van der Waals surface area contributed by atoms with Crippen molar-refractivity contribution >= 4 is 12.0 Å². The Morgan fingerprint density at radius 2 is 2.05 bits per heavy atom. The maximum absolute atomic E-state index is 12.3. The number of amides is 2. The van der Waals surface area contributed by atoms with Gasteiger partial charge < -0.3 is 19.5 Å². The Morgan fingerprint density at radius 1 is 1.41 bits per heavy atom. The number of carbonyl (C=O) groups excluding carboxylic acids is 2. The molecule has 0 saturated carbocycles. The molecular formula is C15H28N2O5. The molecule has 1 N–H and O–H groups in total. The van der Waals surface area contributed by atoms with Crippen LogP contribution in [0.5, 0.6) is 0 Å². The van der Waals surface area contributed by atoms with Gasteiger partial charge in [-0.1, -0.05) is 0 Å². The van der Waals surface area contributed by atoms with Crippen molar-refractivity contribution in [1.82, 2.24) is 9.80 Å². The maximum atomic E-state index is 12.3. The first-order valence-electron chi connectivity index (χ1n) is 7.61. The van der Waals surface area contributed by atoms with E-state index < -0.39 is 23.8 Å². The van der Waals surface area contributed by atoms with Crippen LogP contribution in [0.15, 0.2) is 0 Å². The zero-order valence-electron chi connectivity index (χ0n) is 14.2. The molecule has 22 heavy (non-hydrogen) atoms. The molecule has 128 valence electrons. The third-order valence-corrected chi connectivity index (χ3v) is 3.47. The molecule has 7 nitrogen and oxygen atoms in total. The number of methoxy groups -OCH3 is 1. The highest BCUT2D eigenvalue weighted by atomic mass is 16.6. The van der Waals surface area contributed by atoms with E-state index in [-0.39, 0.29) is 12.5 Å². The molecule has 0 unspecified atom stereocenters. The zero-order valence-corrected chi connectivity index (χ0v) is 14.2. The van der Waals surface area contributed by atoms with Crippen LogP contribution in [0, 0.1) is 0 Å². The number of aliphatic hydroxyl groups is 1. The molecule has 0 spiro atoms. The minimum absolute atomic E-state index is 0.123. The summed E-state index contributed by atoms with van der Waals surface area (Å²) in [5, 5.41) is 9.65. The van der Waals surface area contributed by atoms with Crippen molar-refractivity contribution in [3.63, 3.8) is 0 Å². The predicted octanol–water partition coefficient (Wildman–Crippen LogP) is 0.852. The van der Waals surface area contributed by atoms with Crippen LogP contribution >= 0.6 is 0 Å². The Bertz CT molecular complexity index is 394. The van der Waals surface area contributed by atoms with E-state index in [0.29, 0.717) is 26.1 Å². The van der Waals surface area contributed by atoms with Crippen LogP contribution in [0.25, 0.3) is 0 Å². The maximum Gasteiger partial charge on any atom is 0.411 e. The highest BCUT2D eigenvalue weighted by Crippen LogP contribution is 2.17. The standard InChI is InChI=1S/C15H28N2O5/c1-11-13(19)16(7-6-12(18)10-21-5)8-9-17(11)14(20)22-15(2,3)4/h11-12,18H,6-10H2,1-5H3/t11-,12-/m0/s1. The number of hydrogen-bond donors (Lipinski definition) is 1. The molecule has 1 fully saturated rings. The van der Waals surface area contributed by atoms with E-state index in [9.17, 15) is 14.7 Å². The van der Waals surface area contributed by atoms with Gasteiger partial charge in [0.15, 0.2) is 0 Å². The fourth-order valence-electron chi connectivity index (χ4n) is 2.30. The second-order valence-corrected chi connectivity index (χ2v) is 6.57. The first kappa shape index (κ1) is 18.7. The number of piperazine rings is 1. The van der Waals surface area contributed by atoms with E-state index >= 15 is 0 Å². The lowest BCUT2D eigenvalue weighted by Gasteiger charge is -2.39. The average molecular weight is 316 g/mol.